The second-order valence-electron chi connectivity index (χ2n) is 5.38. The molecule has 0 spiro atoms. The Bertz CT molecular complexity index is 764. The average molecular weight is 322 g/mol. The van der Waals surface area contributed by atoms with E-state index in [1.165, 1.54) is 0 Å². The number of benzene rings is 1. The SMILES string of the molecule is COc1ccc(S(=O)(=O)NCCc2cc(C)[nH]c2C)c(C)c1. The zero-order valence-electron chi connectivity index (χ0n) is 13.4. The van der Waals surface area contributed by atoms with Gasteiger partial charge in [-0.15, -0.1) is 0 Å². The molecule has 0 aliphatic heterocycles. The molecule has 0 aliphatic rings. The molecule has 0 fully saturated rings. The molecule has 1 heterocycles. The van der Waals surface area contributed by atoms with Gasteiger partial charge in [0, 0.05) is 17.9 Å². The fourth-order valence-corrected chi connectivity index (χ4v) is 3.75. The Hall–Kier alpha value is -1.79. The molecule has 0 aliphatic carbocycles. The smallest absolute Gasteiger partial charge is 0.240 e. The number of aryl methyl sites for hydroxylation is 3. The first-order valence-corrected chi connectivity index (χ1v) is 8.61. The predicted molar refractivity (Wildman–Crippen MR) is 86.9 cm³/mol. The van der Waals surface area contributed by atoms with Gasteiger partial charge in [0.1, 0.15) is 5.75 Å². The van der Waals surface area contributed by atoms with E-state index in [2.05, 4.69) is 9.71 Å². The Morgan fingerprint density at radius 3 is 2.45 bits per heavy atom. The number of H-pyrrole nitrogens is 1. The van der Waals surface area contributed by atoms with E-state index in [1.54, 1.807) is 32.2 Å². The van der Waals surface area contributed by atoms with Crippen LogP contribution in [0.25, 0.3) is 0 Å². The quantitative estimate of drug-likeness (QED) is 0.858. The lowest BCUT2D eigenvalue weighted by atomic mass is 10.2. The summed E-state index contributed by atoms with van der Waals surface area (Å²) in [7, 11) is -1.95. The number of aromatic amines is 1. The van der Waals surface area contributed by atoms with Gasteiger partial charge < -0.3 is 9.72 Å². The van der Waals surface area contributed by atoms with Crippen molar-refractivity contribution >= 4 is 10.0 Å². The molecule has 0 unspecified atom stereocenters. The van der Waals surface area contributed by atoms with Crippen LogP contribution in [0.3, 0.4) is 0 Å². The topological polar surface area (TPSA) is 71.2 Å². The number of rotatable bonds is 6. The molecular weight excluding hydrogens is 300 g/mol. The molecule has 120 valence electrons. The Morgan fingerprint density at radius 1 is 1.18 bits per heavy atom. The van der Waals surface area contributed by atoms with Gasteiger partial charge >= 0.3 is 0 Å². The minimum Gasteiger partial charge on any atom is -0.497 e. The van der Waals surface area contributed by atoms with Crippen LogP contribution in [0.2, 0.25) is 0 Å². The third-order valence-electron chi connectivity index (χ3n) is 3.62. The Balaban J connectivity index is 2.07. The summed E-state index contributed by atoms with van der Waals surface area (Å²) in [4.78, 5) is 3.50. The monoisotopic (exact) mass is 322 g/mol. The highest BCUT2D eigenvalue weighted by Crippen LogP contribution is 2.20. The Morgan fingerprint density at radius 2 is 1.91 bits per heavy atom. The number of methoxy groups -OCH3 is 1. The average Bonchev–Trinajstić information content (AvgIpc) is 2.76. The number of sulfonamides is 1. The van der Waals surface area contributed by atoms with E-state index in [1.807, 2.05) is 19.9 Å². The van der Waals surface area contributed by atoms with Crippen molar-refractivity contribution < 1.29 is 13.2 Å². The second kappa shape index (κ2) is 6.54. The first kappa shape index (κ1) is 16.6. The van der Waals surface area contributed by atoms with E-state index in [4.69, 9.17) is 4.74 Å². The highest BCUT2D eigenvalue weighted by molar-refractivity contribution is 7.89. The van der Waals surface area contributed by atoms with Gasteiger partial charge in [-0.25, -0.2) is 13.1 Å². The van der Waals surface area contributed by atoms with Gasteiger partial charge in [-0.1, -0.05) is 0 Å². The van der Waals surface area contributed by atoms with Crippen molar-refractivity contribution in [3.05, 3.63) is 46.8 Å². The van der Waals surface area contributed by atoms with Crippen molar-refractivity contribution in [3.8, 4) is 5.75 Å². The summed E-state index contributed by atoms with van der Waals surface area (Å²) >= 11 is 0. The molecule has 1 aromatic carbocycles. The van der Waals surface area contributed by atoms with Crippen LogP contribution in [0.5, 0.6) is 5.75 Å². The van der Waals surface area contributed by atoms with Crippen molar-refractivity contribution in [2.75, 3.05) is 13.7 Å². The molecule has 0 amide bonds. The fraction of sp³-hybridized carbons (Fsp3) is 0.375. The zero-order valence-corrected chi connectivity index (χ0v) is 14.2. The number of hydrogen-bond acceptors (Lipinski definition) is 3. The molecule has 0 atom stereocenters. The Labute approximate surface area is 131 Å². The van der Waals surface area contributed by atoms with Crippen LogP contribution >= 0.6 is 0 Å². The normalized spacial score (nSPS) is 11.6. The number of ether oxygens (including phenoxy) is 1. The van der Waals surface area contributed by atoms with Crippen molar-refractivity contribution in [1.29, 1.82) is 0 Å². The summed E-state index contributed by atoms with van der Waals surface area (Å²) < 4.78 is 32.5. The molecule has 0 saturated heterocycles. The van der Waals surface area contributed by atoms with E-state index in [0.717, 1.165) is 17.0 Å². The van der Waals surface area contributed by atoms with Gasteiger partial charge in [0.25, 0.3) is 0 Å². The molecule has 5 nitrogen and oxygen atoms in total. The maximum absolute atomic E-state index is 12.4. The van der Waals surface area contributed by atoms with Crippen LogP contribution in [0, 0.1) is 20.8 Å². The van der Waals surface area contributed by atoms with E-state index >= 15 is 0 Å². The van der Waals surface area contributed by atoms with Gasteiger partial charge in [0.05, 0.1) is 12.0 Å². The molecule has 22 heavy (non-hydrogen) atoms. The molecule has 2 rings (SSSR count). The van der Waals surface area contributed by atoms with Crippen LogP contribution in [-0.2, 0) is 16.4 Å². The van der Waals surface area contributed by atoms with Gasteiger partial charge in [-0.2, -0.15) is 0 Å². The minimum absolute atomic E-state index is 0.287. The molecular formula is C16H22N2O3S. The van der Waals surface area contributed by atoms with Crippen LogP contribution in [0.15, 0.2) is 29.2 Å². The maximum Gasteiger partial charge on any atom is 0.240 e. The van der Waals surface area contributed by atoms with Gasteiger partial charge in [0.15, 0.2) is 0 Å². The highest BCUT2D eigenvalue weighted by atomic mass is 32.2. The molecule has 0 bridgehead atoms. The third kappa shape index (κ3) is 3.69. The van der Waals surface area contributed by atoms with Crippen molar-refractivity contribution in [2.24, 2.45) is 0 Å². The first-order chi connectivity index (χ1) is 10.3. The van der Waals surface area contributed by atoms with E-state index in [-0.39, 0.29) is 4.90 Å². The lowest BCUT2D eigenvalue weighted by Crippen LogP contribution is -2.26. The summed E-state index contributed by atoms with van der Waals surface area (Å²) in [6.07, 6.45) is 0.657. The third-order valence-corrected chi connectivity index (χ3v) is 5.24. The van der Waals surface area contributed by atoms with Crippen LogP contribution in [0.4, 0.5) is 0 Å². The summed E-state index contributed by atoms with van der Waals surface area (Å²) in [5.41, 5.74) is 3.96. The Kier molecular flexibility index (Phi) is 4.93. The zero-order chi connectivity index (χ0) is 16.3. The summed E-state index contributed by atoms with van der Waals surface area (Å²) in [6.45, 7) is 6.11. The molecule has 0 saturated carbocycles. The lowest BCUT2D eigenvalue weighted by molar-refractivity contribution is 0.414. The minimum atomic E-state index is -3.51. The fourth-order valence-electron chi connectivity index (χ4n) is 2.49. The molecule has 1 aromatic heterocycles. The van der Waals surface area contributed by atoms with Crippen molar-refractivity contribution in [1.82, 2.24) is 9.71 Å². The lowest BCUT2D eigenvalue weighted by Gasteiger charge is -2.10. The van der Waals surface area contributed by atoms with Gasteiger partial charge in [-0.05, 0) is 62.6 Å². The van der Waals surface area contributed by atoms with Crippen LogP contribution in [0.1, 0.15) is 22.5 Å². The van der Waals surface area contributed by atoms with E-state index in [9.17, 15) is 8.42 Å². The molecule has 6 heteroatoms. The molecule has 0 radical (unpaired) electrons. The number of nitrogens with one attached hydrogen (secondary N) is 2. The van der Waals surface area contributed by atoms with E-state index in [0.29, 0.717) is 24.3 Å². The second-order valence-corrected chi connectivity index (χ2v) is 7.12. The van der Waals surface area contributed by atoms with Gasteiger partial charge in [0.2, 0.25) is 10.0 Å². The summed E-state index contributed by atoms with van der Waals surface area (Å²) in [6, 6.07) is 6.99. The summed E-state index contributed by atoms with van der Waals surface area (Å²) in [5.74, 6) is 0.648. The molecule has 2 aromatic rings. The maximum atomic E-state index is 12.4. The standard InChI is InChI=1S/C16H22N2O3S/c1-11-9-15(21-4)5-6-16(11)22(19,20)17-8-7-14-10-12(2)18-13(14)3/h5-6,9-10,17-18H,7-8H2,1-4H3. The van der Waals surface area contributed by atoms with Crippen LogP contribution < -0.4 is 9.46 Å². The van der Waals surface area contributed by atoms with Crippen molar-refractivity contribution in [2.45, 2.75) is 32.1 Å². The van der Waals surface area contributed by atoms with Crippen molar-refractivity contribution in [3.63, 3.8) is 0 Å². The van der Waals surface area contributed by atoms with E-state index < -0.39 is 10.0 Å². The van der Waals surface area contributed by atoms with Gasteiger partial charge in [-0.3, -0.25) is 0 Å². The number of hydrogen-bond donors (Lipinski definition) is 2. The van der Waals surface area contributed by atoms with Crippen LogP contribution in [-0.4, -0.2) is 27.1 Å². The predicted octanol–water partition coefficient (Wildman–Crippen LogP) is 2.47. The first-order valence-electron chi connectivity index (χ1n) is 7.13. The highest BCUT2D eigenvalue weighted by Gasteiger charge is 2.17. The summed E-state index contributed by atoms with van der Waals surface area (Å²) in [5, 5.41) is 0. The molecule has 2 N–H and O–H groups in total. The largest absolute Gasteiger partial charge is 0.497 e. The number of aromatic nitrogens is 1.